The predicted octanol–water partition coefficient (Wildman–Crippen LogP) is 4.20. The van der Waals surface area contributed by atoms with Crippen LogP contribution in [0.5, 0.6) is 0 Å². The molecule has 0 aromatic heterocycles. The fraction of sp³-hybridized carbons (Fsp3) is 0.417. The number of amides is 1. The van der Waals surface area contributed by atoms with E-state index in [4.69, 9.17) is 0 Å². The molecule has 3 rings (SSSR count). The number of rotatable bonds is 9. The number of nitrogens with zero attached hydrogens (tertiary/aromatic N) is 1. The number of ketones is 1. The zero-order valence-electron chi connectivity index (χ0n) is 18.2. The van der Waals surface area contributed by atoms with E-state index in [9.17, 15) is 18.0 Å². The number of Topliss-reactive ketones (excluding diaryl/α,β-unsaturated/α-hetero) is 1. The van der Waals surface area contributed by atoms with Crippen molar-refractivity contribution in [2.75, 3.05) is 18.4 Å². The van der Waals surface area contributed by atoms with Crippen LogP contribution in [0.3, 0.4) is 0 Å². The first-order valence-corrected chi connectivity index (χ1v) is 12.3. The molecule has 0 saturated carbocycles. The van der Waals surface area contributed by atoms with Crippen molar-refractivity contribution in [1.82, 2.24) is 4.31 Å². The number of hydrogen-bond donors (Lipinski definition) is 1. The minimum Gasteiger partial charge on any atom is -0.326 e. The Morgan fingerprint density at radius 3 is 2.19 bits per heavy atom. The van der Waals surface area contributed by atoms with Crippen LogP contribution in [0.25, 0.3) is 0 Å². The van der Waals surface area contributed by atoms with Gasteiger partial charge in [-0.1, -0.05) is 26.0 Å². The summed E-state index contributed by atoms with van der Waals surface area (Å²) in [5.74, 6) is -0.310. The molecule has 0 bridgehead atoms. The predicted molar refractivity (Wildman–Crippen MR) is 122 cm³/mol. The van der Waals surface area contributed by atoms with E-state index in [-0.39, 0.29) is 29.4 Å². The van der Waals surface area contributed by atoms with E-state index >= 15 is 0 Å². The second-order valence-electron chi connectivity index (χ2n) is 7.78. The van der Waals surface area contributed by atoms with Gasteiger partial charge in [0.2, 0.25) is 15.9 Å². The van der Waals surface area contributed by atoms with Crippen LogP contribution in [0.4, 0.5) is 5.69 Å². The van der Waals surface area contributed by atoms with Crippen molar-refractivity contribution in [3.8, 4) is 0 Å². The average Bonchev–Trinajstić information content (AvgIpc) is 2.78. The summed E-state index contributed by atoms with van der Waals surface area (Å²) < 4.78 is 26.4. The molecule has 0 radical (unpaired) electrons. The van der Waals surface area contributed by atoms with Gasteiger partial charge in [0, 0.05) is 37.2 Å². The Labute approximate surface area is 184 Å². The van der Waals surface area contributed by atoms with E-state index in [0.717, 1.165) is 19.3 Å². The molecule has 1 aliphatic carbocycles. The van der Waals surface area contributed by atoms with Gasteiger partial charge in [-0.25, -0.2) is 8.42 Å². The largest absolute Gasteiger partial charge is 0.326 e. The van der Waals surface area contributed by atoms with Gasteiger partial charge in [0.25, 0.3) is 0 Å². The van der Waals surface area contributed by atoms with Crippen LogP contribution in [0, 0.1) is 0 Å². The molecule has 0 aliphatic heterocycles. The highest BCUT2D eigenvalue weighted by molar-refractivity contribution is 7.89. The minimum atomic E-state index is -3.53. The van der Waals surface area contributed by atoms with Crippen LogP contribution in [0.2, 0.25) is 0 Å². The molecule has 0 spiro atoms. The fourth-order valence-electron chi connectivity index (χ4n) is 3.92. The van der Waals surface area contributed by atoms with Crippen LogP contribution >= 0.6 is 0 Å². The summed E-state index contributed by atoms with van der Waals surface area (Å²) in [6.07, 6.45) is 4.65. The second kappa shape index (κ2) is 10.2. The van der Waals surface area contributed by atoms with E-state index in [1.807, 2.05) is 18.2 Å². The molecule has 6 nitrogen and oxygen atoms in total. The third-order valence-corrected chi connectivity index (χ3v) is 7.79. The number of anilines is 1. The lowest BCUT2D eigenvalue weighted by molar-refractivity contribution is -0.116. The number of sulfonamides is 1. The fourth-order valence-corrected chi connectivity index (χ4v) is 5.38. The van der Waals surface area contributed by atoms with Crippen LogP contribution in [0.1, 0.15) is 61.0 Å². The van der Waals surface area contributed by atoms with Gasteiger partial charge in [-0.2, -0.15) is 4.31 Å². The van der Waals surface area contributed by atoms with Gasteiger partial charge in [0.05, 0.1) is 4.90 Å². The van der Waals surface area contributed by atoms with Crippen molar-refractivity contribution in [1.29, 1.82) is 0 Å². The highest BCUT2D eigenvalue weighted by Crippen LogP contribution is 2.23. The van der Waals surface area contributed by atoms with E-state index in [2.05, 4.69) is 5.32 Å². The lowest BCUT2D eigenvalue weighted by Gasteiger charge is -2.18. The van der Waals surface area contributed by atoms with Gasteiger partial charge in [-0.15, -0.1) is 0 Å². The monoisotopic (exact) mass is 442 g/mol. The molecule has 0 unspecified atom stereocenters. The number of hydrogen-bond acceptors (Lipinski definition) is 4. The van der Waals surface area contributed by atoms with Crippen molar-refractivity contribution in [2.24, 2.45) is 0 Å². The Hall–Kier alpha value is -2.51. The summed E-state index contributed by atoms with van der Waals surface area (Å²) >= 11 is 0. The topological polar surface area (TPSA) is 83.6 Å². The van der Waals surface area contributed by atoms with Crippen molar-refractivity contribution < 1.29 is 18.0 Å². The number of benzene rings is 2. The molecule has 0 fully saturated rings. The number of carbonyl (C=O) groups is 2. The Balaban J connectivity index is 1.55. The van der Waals surface area contributed by atoms with Crippen LogP contribution in [-0.4, -0.2) is 37.5 Å². The zero-order chi connectivity index (χ0) is 22.4. The maximum atomic E-state index is 12.5. The maximum Gasteiger partial charge on any atom is 0.243 e. The summed E-state index contributed by atoms with van der Waals surface area (Å²) in [5, 5.41) is 2.73. The van der Waals surface area contributed by atoms with Crippen molar-refractivity contribution in [3.63, 3.8) is 0 Å². The van der Waals surface area contributed by atoms with Crippen molar-refractivity contribution in [2.45, 2.75) is 57.3 Å². The van der Waals surface area contributed by atoms with E-state index in [1.54, 1.807) is 26.0 Å². The van der Waals surface area contributed by atoms with Gasteiger partial charge >= 0.3 is 0 Å². The summed E-state index contributed by atoms with van der Waals surface area (Å²) in [6, 6.07) is 12.0. The summed E-state index contributed by atoms with van der Waals surface area (Å²) in [7, 11) is -3.53. The van der Waals surface area contributed by atoms with Crippen LogP contribution in [0.15, 0.2) is 47.4 Å². The number of carbonyl (C=O) groups excluding carboxylic acids is 2. The summed E-state index contributed by atoms with van der Waals surface area (Å²) in [4.78, 5) is 25.0. The highest BCUT2D eigenvalue weighted by atomic mass is 32.2. The highest BCUT2D eigenvalue weighted by Gasteiger charge is 2.21. The summed E-state index contributed by atoms with van der Waals surface area (Å²) in [6.45, 7) is 4.38. The average molecular weight is 443 g/mol. The smallest absolute Gasteiger partial charge is 0.243 e. The first-order valence-electron chi connectivity index (χ1n) is 10.9. The standard InChI is InChI=1S/C24H30N2O4S/c1-3-26(4-2)31(29,30)22-13-11-21(12-14-22)25-24(28)16-15-23(27)20-10-9-18-7-5-6-8-19(18)17-20/h9-14,17H,3-8,15-16H2,1-2H3,(H,25,28). The van der Waals surface area contributed by atoms with Crippen LogP contribution in [-0.2, 0) is 27.7 Å². The molecule has 166 valence electrons. The van der Waals surface area contributed by atoms with Crippen molar-refractivity contribution >= 4 is 27.4 Å². The molecule has 2 aromatic rings. The number of aryl methyl sites for hydroxylation is 2. The molecule has 31 heavy (non-hydrogen) atoms. The lowest BCUT2D eigenvalue weighted by atomic mass is 9.89. The molecule has 1 aliphatic rings. The van der Waals surface area contributed by atoms with E-state index < -0.39 is 10.0 Å². The van der Waals surface area contributed by atoms with Gasteiger partial charge in [-0.3, -0.25) is 9.59 Å². The molecular formula is C24H30N2O4S. The number of nitrogens with one attached hydrogen (secondary N) is 1. The minimum absolute atomic E-state index is 0.0378. The van der Waals surface area contributed by atoms with Gasteiger partial charge < -0.3 is 5.32 Å². The van der Waals surface area contributed by atoms with Gasteiger partial charge in [0.15, 0.2) is 5.78 Å². The van der Waals surface area contributed by atoms with Crippen molar-refractivity contribution in [3.05, 3.63) is 59.2 Å². The molecule has 0 heterocycles. The molecule has 1 amide bonds. The Morgan fingerprint density at radius 1 is 0.903 bits per heavy atom. The Kier molecular flexibility index (Phi) is 7.62. The molecular weight excluding hydrogens is 412 g/mol. The number of fused-ring (bicyclic) bond motifs is 1. The first kappa shape index (κ1) is 23.2. The Bertz CT molecular complexity index is 1040. The van der Waals surface area contributed by atoms with Gasteiger partial charge in [0.1, 0.15) is 0 Å². The second-order valence-corrected chi connectivity index (χ2v) is 9.71. The normalized spacial score (nSPS) is 13.6. The third-order valence-electron chi connectivity index (χ3n) is 5.73. The van der Waals surface area contributed by atoms with E-state index in [0.29, 0.717) is 24.3 Å². The molecule has 0 atom stereocenters. The maximum absolute atomic E-state index is 12.5. The van der Waals surface area contributed by atoms with Crippen LogP contribution < -0.4 is 5.32 Å². The molecule has 7 heteroatoms. The SMILES string of the molecule is CCN(CC)S(=O)(=O)c1ccc(NC(=O)CCC(=O)c2ccc3c(c2)CCCC3)cc1. The zero-order valence-corrected chi connectivity index (χ0v) is 19.0. The third kappa shape index (κ3) is 5.60. The first-order chi connectivity index (χ1) is 14.8. The molecule has 0 saturated heterocycles. The molecule has 2 aromatic carbocycles. The van der Waals surface area contributed by atoms with E-state index in [1.165, 1.54) is 34.0 Å². The quantitative estimate of drug-likeness (QED) is 0.590. The Morgan fingerprint density at radius 2 is 1.55 bits per heavy atom. The lowest BCUT2D eigenvalue weighted by Crippen LogP contribution is -2.30. The molecule has 1 N–H and O–H groups in total. The van der Waals surface area contributed by atoms with Gasteiger partial charge in [-0.05, 0) is 67.1 Å². The summed E-state index contributed by atoms with van der Waals surface area (Å²) in [5.41, 5.74) is 3.75.